The van der Waals surface area contributed by atoms with Crippen LogP contribution >= 0.6 is 0 Å². The molecule has 5 nitrogen and oxygen atoms in total. The van der Waals surface area contributed by atoms with Crippen LogP contribution in [0.2, 0.25) is 0 Å². The number of amides is 2. The number of hydrogen-bond acceptors (Lipinski definition) is 3. The molecule has 0 aromatic heterocycles. The number of piperazine rings is 1. The molecule has 2 heterocycles. The van der Waals surface area contributed by atoms with Crippen LogP contribution in [-0.2, 0) is 14.3 Å². The van der Waals surface area contributed by atoms with Crippen molar-refractivity contribution >= 4 is 11.8 Å². The van der Waals surface area contributed by atoms with Gasteiger partial charge in [0.2, 0.25) is 11.8 Å². The van der Waals surface area contributed by atoms with Crippen molar-refractivity contribution in [2.24, 2.45) is 0 Å². The Morgan fingerprint density at radius 1 is 1.30 bits per heavy atom. The van der Waals surface area contributed by atoms with Gasteiger partial charge < -0.3 is 15.0 Å². The van der Waals surface area contributed by atoms with Crippen LogP contribution in [0.15, 0.2) is 0 Å². The maximum Gasteiger partial charge on any atom is 0.248 e. The molecule has 0 bridgehead atoms. The van der Waals surface area contributed by atoms with Crippen molar-refractivity contribution in [3.63, 3.8) is 0 Å². The highest BCUT2D eigenvalue weighted by molar-refractivity contribution is 5.99. The normalized spacial score (nSPS) is 32.4. The van der Waals surface area contributed by atoms with E-state index in [1.54, 1.807) is 18.7 Å². The van der Waals surface area contributed by atoms with Gasteiger partial charge in [-0.1, -0.05) is 6.92 Å². The van der Waals surface area contributed by atoms with E-state index in [1.807, 2.05) is 6.92 Å². The first-order valence-corrected chi connectivity index (χ1v) is 7.47. The minimum Gasteiger partial charge on any atom is -0.371 e. The van der Waals surface area contributed by atoms with Gasteiger partial charge in [-0.2, -0.15) is 0 Å². The number of hydrogen-bond donors (Lipinski definition) is 1. The third kappa shape index (κ3) is 2.82. The van der Waals surface area contributed by atoms with Crippen molar-refractivity contribution in [1.29, 1.82) is 0 Å². The molecular formula is C15H26N2O3. The SMILES string of the molecule is CCC1C(=O)NC(C)(C)C(=O)N1CC1CCC(C)(C)O1. The van der Waals surface area contributed by atoms with Gasteiger partial charge in [0.05, 0.1) is 11.7 Å². The highest BCUT2D eigenvalue weighted by Gasteiger charge is 2.46. The van der Waals surface area contributed by atoms with Gasteiger partial charge in [-0.15, -0.1) is 0 Å². The minimum atomic E-state index is -0.823. The Kier molecular flexibility index (Phi) is 3.84. The average molecular weight is 282 g/mol. The molecule has 20 heavy (non-hydrogen) atoms. The van der Waals surface area contributed by atoms with Crippen LogP contribution in [0, 0.1) is 0 Å². The monoisotopic (exact) mass is 282 g/mol. The molecule has 2 fully saturated rings. The van der Waals surface area contributed by atoms with Gasteiger partial charge in [0.25, 0.3) is 0 Å². The first-order chi connectivity index (χ1) is 9.16. The number of nitrogens with one attached hydrogen (secondary N) is 1. The lowest BCUT2D eigenvalue weighted by Crippen LogP contribution is -2.68. The van der Waals surface area contributed by atoms with Crippen molar-refractivity contribution in [3.05, 3.63) is 0 Å². The summed E-state index contributed by atoms with van der Waals surface area (Å²) in [4.78, 5) is 26.4. The second kappa shape index (κ2) is 5.02. The second-order valence-corrected chi connectivity index (χ2v) is 7.03. The Hall–Kier alpha value is -1.10. The summed E-state index contributed by atoms with van der Waals surface area (Å²) in [6.07, 6.45) is 2.59. The molecule has 2 saturated heterocycles. The molecule has 0 aromatic carbocycles. The van der Waals surface area contributed by atoms with E-state index < -0.39 is 5.54 Å². The fourth-order valence-corrected chi connectivity index (χ4v) is 3.13. The molecule has 1 N–H and O–H groups in total. The Morgan fingerprint density at radius 3 is 2.45 bits per heavy atom. The van der Waals surface area contributed by atoms with Crippen molar-refractivity contribution in [2.75, 3.05) is 6.54 Å². The van der Waals surface area contributed by atoms with Gasteiger partial charge in [0, 0.05) is 6.54 Å². The summed E-state index contributed by atoms with van der Waals surface area (Å²) < 4.78 is 5.97. The third-order valence-electron chi connectivity index (χ3n) is 4.25. The zero-order chi connectivity index (χ0) is 15.1. The Bertz CT molecular complexity index is 417. The maximum atomic E-state index is 12.6. The molecular weight excluding hydrogens is 256 g/mol. The minimum absolute atomic E-state index is 0.0164. The first-order valence-electron chi connectivity index (χ1n) is 7.47. The Balaban J connectivity index is 2.14. The summed E-state index contributed by atoms with van der Waals surface area (Å²) >= 11 is 0. The first kappa shape index (κ1) is 15.3. The summed E-state index contributed by atoms with van der Waals surface area (Å²) in [5.74, 6) is -0.0772. The lowest BCUT2D eigenvalue weighted by Gasteiger charge is -2.43. The van der Waals surface area contributed by atoms with E-state index in [1.165, 1.54) is 0 Å². The highest BCUT2D eigenvalue weighted by Crippen LogP contribution is 2.31. The summed E-state index contributed by atoms with van der Waals surface area (Å²) in [7, 11) is 0. The van der Waals surface area contributed by atoms with Crippen LogP contribution in [0.3, 0.4) is 0 Å². The van der Waals surface area contributed by atoms with Gasteiger partial charge in [-0.3, -0.25) is 9.59 Å². The molecule has 0 saturated carbocycles. The summed E-state index contributed by atoms with van der Waals surface area (Å²) in [6, 6.07) is -0.372. The molecule has 0 spiro atoms. The molecule has 2 atom stereocenters. The second-order valence-electron chi connectivity index (χ2n) is 7.03. The Labute approximate surface area is 121 Å². The quantitative estimate of drug-likeness (QED) is 0.852. The molecule has 0 radical (unpaired) electrons. The van der Waals surface area contributed by atoms with E-state index in [0.717, 1.165) is 12.8 Å². The zero-order valence-electron chi connectivity index (χ0n) is 13.2. The fourth-order valence-electron chi connectivity index (χ4n) is 3.13. The number of ether oxygens (including phenoxy) is 1. The summed E-state index contributed by atoms with van der Waals surface area (Å²) in [5, 5.41) is 2.81. The predicted molar refractivity (Wildman–Crippen MR) is 76.2 cm³/mol. The summed E-state index contributed by atoms with van der Waals surface area (Å²) in [5.41, 5.74) is -0.945. The third-order valence-corrected chi connectivity index (χ3v) is 4.25. The molecule has 0 aliphatic carbocycles. The van der Waals surface area contributed by atoms with E-state index in [9.17, 15) is 9.59 Å². The molecule has 114 valence electrons. The van der Waals surface area contributed by atoms with Crippen molar-refractivity contribution in [2.45, 2.75) is 77.2 Å². The van der Waals surface area contributed by atoms with Crippen LogP contribution in [-0.4, -0.2) is 46.5 Å². The molecule has 2 aliphatic rings. The van der Waals surface area contributed by atoms with E-state index in [-0.39, 0.29) is 29.6 Å². The van der Waals surface area contributed by atoms with E-state index >= 15 is 0 Å². The maximum absolute atomic E-state index is 12.6. The van der Waals surface area contributed by atoms with Crippen LogP contribution < -0.4 is 5.32 Å². The van der Waals surface area contributed by atoms with Crippen LogP contribution in [0.4, 0.5) is 0 Å². The number of nitrogens with zero attached hydrogens (tertiary/aromatic N) is 1. The van der Waals surface area contributed by atoms with E-state index in [4.69, 9.17) is 4.74 Å². The largest absolute Gasteiger partial charge is 0.371 e. The van der Waals surface area contributed by atoms with Crippen molar-refractivity contribution in [3.8, 4) is 0 Å². The smallest absolute Gasteiger partial charge is 0.248 e. The number of rotatable bonds is 3. The topological polar surface area (TPSA) is 58.6 Å². The van der Waals surface area contributed by atoms with Gasteiger partial charge in [0.15, 0.2) is 0 Å². The van der Waals surface area contributed by atoms with Crippen molar-refractivity contribution < 1.29 is 14.3 Å². The van der Waals surface area contributed by atoms with Crippen LogP contribution in [0.1, 0.15) is 53.9 Å². The number of carbonyl (C=O) groups is 2. The summed E-state index contributed by atoms with van der Waals surface area (Å²) in [6.45, 7) is 10.1. The highest BCUT2D eigenvalue weighted by atomic mass is 16.5. The van der Waals surface area contributed by atoms with Crippen LogP contribution in [0.25, 0.3) is 0 Å². The van der Waals surface area contributed by atoms with Gasteiger partial charge in [-0.05, 0) is 47.0 Å². The van der Waals surface area contributed by atoms with Gasteiger partial charge >= 0.3 is 0 Å². The van der Waals surface area contributed by atoms with Gasteiger partial charge in [0.1, 0.15) is 11.6 Å². The molecule has 2 unspecified atom stereocenters. The molecule has 2 rings (SSSR count). The lowest BCUT2D eigenvalue weighted by molar-refractivity contribution is -0.156. The van der Waals surface area contributed by atoms with Crippen molar-refractivity contribution in [1.82, 2.24) is 10.2 Å². The number of carbonyl (C=O) groups excluding carboxylic acids is 2. The Morgan fingerprint density at radius 2 is 1.95 bits per heavy atom. The van der Waals surface area contributed by atoms with Gasteiger partial charge in [-0.25, -0.2) is 0 Å². The zero-order valence-corrected chi connectivity index (χ0v) is 13.2. The predicted octanol–water partition coefficient (Wildman–Crippen LogP) is 1.46. The molecule has 5 heteroatoms. The van der Waals surface area contributed by atoms with E-state index in [2.05, 4.69) is 19.2 Å². The average Bonchev–Trinajstić information content (AvgIpc) is 2.65. The van der Waals surface area contributed by atoms with E-state index in [0.29, 0.717) is 13.0 Å². The standard InChI is InChI=1S/C15H26N2O3/c1-6-11-12(18)16-15(4,5)13(19)17(11)9-10-7-8-14(2,3)20-10/h10-11H,6-9H2,1-5H3,(H,16,18). The lowest BCUT2D eigenvalue weighted by atomic mass is 9.95. The fraction of sp³-hybridized carbons (Fsp3) is 0.867. The molecule has 0 aromatic rings. The molecule has 2 amide bonds. The molecule has 2 aliphatic heterocycles. The van der Waals surface area contributed by atoms with Crippen LogP contribution in [0.5, 0.6) is 0 Å².